The molecule has 12 heteroatoms. The van der Waals surface area contributed by atoms with Crippen LogP contribution < -0.4 is 5.32 Å². The Morgan fingerprint density at radius 1 is 0.966 bits per heavy atom. The van der Waals surface area contributed by atoms with Gasteiger partial charge in [-0.25, -0.2) is 4.68 Å². The summed E-state index contributed by atoms with van der Waals surface area (Å²) in [5.74, 6) is -0.783. The molecule has 0 spiro atoms. The van der Waals surface area contributed by atoms with Crippen LogP contribution in [0.1, 0.15) is 21.5 Å². The van der Waals surface area contributed by atoms with Crippen molar-refractivity contribution >= 4 is 11.6 Å². The van der Waals surface area contributed by atoms with Crippen molar-refractivity contribution < 1.29 is 31.1 Å². The second-order valence-electron chi connectivity index (χ2n) is 5.96. The van der Waals surface area contributed by atoms with Gasteiger partial charge in [0.05, 0.1) is 11.1 Å². The van der Waals surface area contributed by atoms with E-state index in [9.17, 15) is 31.1 Å². The highest BCUT2D eigenvalue weighted by molar-refractivity contribution is 6.04. The van der Waals surface area contributed by atoms with Gasteiger partial charge in [-0.2, -0.15) is 26.3 Å². The third-order valence-corrected chi connectivity index (χ3v) is 3.85. The van der Waals surface area contributed by atoms with Crippen molar-refractivity contribution in [2.24, 2.45) is 7.05 Å². The fourth-order valence-electron chi connectivity index (χ4n) is 2.50. The number of nitrogens with one attached hydrogen (secondary N) is 1. The largest absolute Gasteiger partial charge is 0.416 e. The van der Waals surface area contributed by atoms with E-state index in [1.807, 2.05) is 0 Å². The zero-order valence-corrected chi connectivity index (χ0v) is 14.5. The number of rotatable bonds is 3. The molecule has 0 atom stereocenters. The molecule has 1 heterocycles. The molecule has 0 saturated heterocycles. The molecule has 1 amide bonds. The highest BCUT2D eigenvalue weighted by Crippen LogP contribution is 2.36. The molecule has 152 valence electrons. The first-order chi connectivity index (χ1) is 13.4. The van der Waals surface area contributed by atoms with Gasteiger partial charge < -0.3 is 5.32 Å². The predicted molar refractivity (Wildman–Crippen MR) is 88.6 cm³/mol. The second-order valence-corrected chi connectivity index (χ2v) is 5.96. The molecule has 3 aromatic rings. The van der Waals surface area contributed by atoms with Gasteiger partial charge in [-0.3, -0.25) is 4.79 Å². The number of carbonyl (C=O) groups excluding carboxylic acids is 1. The van der Waals surface area contributed by atoms with E-state index in [1.165, 1.54) is 22.9 Å². The summed E-state index contributed by atoms with van der Waals surface area (Å²) < 4.78 is 79.1. The van der Waals surface area contributed by atoms with Gasteiger partial charge in [-0.1, -0.05) is 12.1 Å². The minimum absolute atomic E-state index is 0.0432. The zero-order valence-electron chi connectivity index (χ0n) is 14.5. The lowest BCUT2D eigenvalue weighted by atomic mass is 10.0. The number of halogens is 6. The smallest absolute Gasteiger partial charge is 0.322 e. The van der Waals surface area contributed by atoms with E-state index in [0.29, 0.717) is 23.5 Å². The van der Waals surface area contributed by atoms with Crippen molar-refractivity contribution in [1.82, 2.24) is 20.2 Å². The molecular weight excluding hydrogens is 404 g/mol. The highest BCUT2D eigenvalue weighted by Gasteiger charge is 2.37. The SMILES string of the molecule is Cn1nnnc1-c1cccc(NC(=O)c2cc(C(F)(F)F)cc(C(F)(F)F)c2)c1. The van der Waals surface area contributed by atoms with E-state index in [-0.39, 0.29) is 11.8 Å². The number of carbonyl (C=O) groups is 1. The van der Waals surface area contributed by atoms with Crippen molar-refractivity contribution in [2.75, 3.05) is 5.32 Å². The molecule has 2 aromatic carbocycles. The maximum atomic E-state index is 13.0. The Kier molecular flexibility index (Phi) is 5.03. The minimum Gasteiger partial charge on any atom is -0.322 e. The molecule has 1 aromatic heterocycles. The van der Waals surface area contributed by atoms with Crippen LogP contribution in [0.5, 0.6) is 0 Å². The molecular formula is C17H11F6N5O. The van der Waals surface area contributed by atoms with Crippen molar-refractivity contribution in [2.45, 2.75) is 12.4 Å². The van der Waals surface area contributed by atoms with E-state index in [0.717, 1.165) is 0 Å². The van der Waals surface area contributed by atoms with Gasteiger partial charge in [0.15, 0.2) is 5.82 Å². The first kappa shape index (κ1) is 20.3. The molecule has 29 heavy (non-hydrogen) atoms. The predicted octanol–water partition coefficient (Wildman–Crippen LogP) is 4.17. The van der Waals surface area contributed by atoms with Gasteiger partial charge >= 0.3 is 12.4 Å². The van der Waals surface area contributed by atoms with Crippen LogP contribution in [0.3, 0.4) is 0 Å². The zero-order chi connectivity index (χ0) is 21.4. The molecule has 0 saturated carbocycles. The lowest BCUT2D eigenvalue weighted by Crippen LogP contribution is -2.17. The molecule has 0 fully saturated rings. The van der Waals surface area contributed by atoms with Gasteiger partial charge in [0, 0.05) is 23.9 Å². The molecule has 0 bridgehead atoms. The monoisotopic (exact) mass is 415 g/mol. The first-order valence-corrected chi connectivity index (χ1v) is 7.89. The van der Waals surface area contributed by atoms with Crippen molar-refractivity contribution in [3.05, 3.63) is 59.2 Å². The van der Waals surface area contributed by atoms with E-state index in [2.05, 4.69) is 20.8 Å². The lowest BCUT2D eigenvalue weighted by Gasteiger charge is -2.14. The summed E-state index contributed by atoms with van der Waals surface area (Å²) in [4.78, 5) is 12.3. The van der Waals surface area contributed by atoms with Crippen molar-refractivity contribution in [3.63, 3.8) is 0 Å². The Morgan fingerprint density at radius 2 is 1.59 bits per heavy atom. The molecule has 0 unspecified atom stereocenters. The van der Waals surface area contributed by atoms with Crippen molar-refractivity contribution in [3.8, 4) is 11.4 Å². The number of hydrogen-bond donors (Lipinski definition) is 1. The Labute approximate surface area is 159 Å². The van der Waals surface area contributed by atoms with E-state index >= 15 is 0 Å². The molecule has 3 rings (SSSR count). The van der Waals surface area contributed by atoms with E-state index in [4.69, 9.17) is 0 Å². The van der Waals surface area contributed by atoms with Crippen LogP contribution >= 0.6 is 0 Å². The van der Waals surface area contributed by atoms with Gasteiger partial charge in [0.2, 0.25) is 0 Å². The van der Waals surface area contributed by atoms with Crippen LogP contribution in [0, 0.1) is 0 Å². The third kappa shape index (κ3) is 4.52. The normalized spacial score (nSPS) is 12.1. The number of aromatic nitrogens is 4. The number of benzene rings is 2. The summed E-state index contributed by atoms with van der Waals surface area (Å²) in [5, 5.41) is 13.2. The fraction of sp³-hybridized carbons (Fsp3) is 0.176. The molecule has 0 radical (unpaired) electrons. The summed E-state index contributed by atoms with van der Waals surface area (Å²) in [6.07, 6.45) is -10.1. The average Bonchev–Trinajstić information content (AvgIpc) is 3.06. The van der Waals surface area contributed by atoms with Crippen LogP contribution in [0.25, 0.3) is 11.4 Å². The quantitative estimate of drug-likeness (QED) is 0.652. The highest BCUT2D eigenvalue weighted by atomic mass is 19.4. The Bertz CT molecular complexity index is 1020. The second kappa shape index (κ2) is 7.18. The maximum absolute atomic E-state index is 13.0. The molecule has 0 aliphatic heterocycles. The topological polar surface area (TPSA) is 72.7 Å². The standard InChI is InChI=1S/C17H11F6N5O/c1-28-14(25-26-27-28)9-3-2-4-13(7-9)24-15(29)10-5-11(16(18,19)20)8-12(6-10)17(21,22)23/h2-8H,1H3,(H,24,29). The Hall–Kier alpha value is -3.44. The van der Waals surface area contributed by atoms with E-state index < -0.39 is 35.0 Å². The van der Waals surface area contributed by atoms with Gasteiger partial charge in [0.25, 0.3) is 5.91 Å². The third-order valence-electron chi connectivity index (χ3n) is 3.85. The Balaban J connectivity index is 1.94. The number of alkyl halides is 6. The number of tetrazole rings is 1. The molecule has 1 N–H and O–H groups in total. The van der Waals surface area contributed by atoms with Crippen molar-refractivity contribution in [1.29, 1.82) is 0 Å². The number of aryl methyl sites for hydroxylation is 1. The summed E-state index contributed by atoms with van der Waals surface area (Å²) in [6.45, 7) is 0. The number of hydrogen-bond acceptors (Lipinski definition) is 4. The number of anilines is 1. The summed E-state index contributed by atoms with van der Waals surface area (Å²) in [5.41, 5.74) is -3.30. The maximum Gasteiger partial charge on any atom is 0.416 e. The lowest BCUT2D eigenvalue weighted by molar-refractivity contribution is -0.143. The number of amides is 1. The first-order valence-electron chi connectivity index (χ1n) is 7.89. The minimum atomic E-state index is -5.05. The van der Waals surface area contributed by atoms with Crippen LogP contribution in [0.15, 0.2) is 42.5 Å². The average molecular weight is 415 g/mol. The summed E-state index contributed by atoms with van der Waals surface area (Å²) in [6, 6.07) is 6.67. The van der Waals surface area contributed by atoms with Gasteiger partial charge in [-0.15, -0.1) is 5.10 Å². The molecule has 0 aliphatic rings. The molecule has 6 nitrogen and oxygen atoms in total. The Morgan fingerprint density at radius 3 is 2.10 bits per heavy atom. The van der Waals surface area contributed by atoms with Crippen LogP contribution in [0.2, 0.25) is 0 Å². The fourth-order valence-corrected chi connectivity index (χ4v) is 2.50. The summed E-state index contributed by atoms with van der Waals surface area (Å²) >= 11 is 0. The van der Waals surface area contributed by atoms with Crippen LogP contribution in [-0.4, -0.2) is 26.1 Å². The number of nitrogens with zero attached hydrogens (tertiary/aromatic N) is 4. The molecule has 0 aliphatic carbocycles. The van der Waals surface area contributed by atoms with Crippen LogP contribution in [0.4, 0.5) is 32.0 Å². The summed E-state index contributed by atoms with van der Waals surface area (Å²) in [7, 11) is 1.57. The van der Waals surface area contributed by atoms with Gasteiger partial charge in [0.1, 0.15) is 0 Å². The van der Waals surface area contributed by atoms with Crippen LogP contribution in [-0.2, 0) is 19.4 Å². The van der Waals surface area contributed by atoms with E-state index in [1.54, 1.807) is 13.1 Å². The van der Waals surface area contributed by atoms with Gasteiger partial charge in [-0.05, 0) is 40.8 Å².